The van der Waals surface area contributed by atoms with Crippen LogP contribution < -0.4 is 5.73 Å². The molecule has 0 radical (unpaired) electrons. The minimum Gasteiger partial charge on any atom is -0.480 e. The van der Waals surface area contributed by atoms with Crippen LogP contribution in [-0.4, -0.2) is 27.6 Å². The van der Waals surface area contributed by atoms with Crippen LogP contribution in [0.25, 0.3) is 0 Å². The number of carboxylic acid groups (broad SMARTS) is 1. The van der Waals surface area contributed by atoms with Gasteiger partial charge in [-0.25, -0.2) is 0 Å². The van der Waals surface area contributed by atoms with E-state index in [2.05, 4.69) is 13.8 Å². The summed E-state index contributed by atoms with van der Waals surface area (Å²) in [5.41, 5.74) is 4.92. The molecule has 1 rings (SSSR count). The lowest BCUT2D eigenvalue weighted by atomic mass is 9.82. The Labute approximate surface area is 95.8 Å². The predicted molar refractivity (Wildman–Crippen MR) is 64.1 cm³/mol. The Morgan fingerprint density at radius 2 is 2.33 bits per heavy atom. The SMILES string of the molecule is CC(C)CSC1CCCC(N)(C(=O)O)C1. The topological polar surface area (TPSA) is 63.3 Å². The molecule has 88 valence electrons. The maximum atomic E-state index is 11.0. The minimum absolute atomic E-state index is 0.433. The number of aliphatic carboxylic acids is 1. The lowest BCUT2D eigenvalue weighted by Crippen LogP contribution is -2.52. The number of thioether (sulfide) groups is 1. The average Bonchev–Trinajstić information content (AvgIpc) is 2.15. The number of carboxylic acids is 1. The van der Waals surface area contributed by atoms with Crippen LogP contribution in [0.5, 0.6) is 0 Å². The summed E-state index contributed by atoms with van der Waals surface area (Å²) in [6.45, 7) is 4.37. The zero-order chi connectivity index (χ0) is 11.5. The fraction of sp³-hybridized carbons (Fsp3) is 0.909. The van der Waals surface area contributed by atoms with E-state index in [9.17, 15) is 4.79 Å². The second kappa shape index (κ2) is 5.21. The molecule has 1 fully saturated rings. The third-order valence-electron chi connectivity index (χ3n) is 2.83. The molecule has 15 heavy (non-hydrogen) atoms. The highest BCUT2D eigenvalue weighted by atomic mass is 32.2. The highest BCUT2D eigenvalue weighted by Crippen LogP contribution is 2.34. The molecule has 0 saturated heterocycles. The van der Waals surface area contributed by atoms with Crippen molar-refractivity contribution in [3.05, 3.63) is 0 Å². The molecule has 0 spiro atoms. The van der Waals surface area contributed by atoms with Crippen LogP contribution in [-0.2, 0) is 4.79 Å². The molecule has 1 aliphatic rings. The number of nitrogens with two attached hydrogens (primary N) is 1. The largest absolute Gasteiger partial charge is 0.480 e. The van der Waals surface area contributed by atoms with E-state index in [1.807, 2.05) is 11.8 Å². The van der Waals surface area contributed by atoms with Crippen LogP contribution in [0.2, 0.25) is 0 Å². The van der Waals surface area contributed by atoms with Gasteiger partial charge in [-0.05, 0) is 37.4 Å². The second-order valence-electron chi connectivity index (χ2n) is 4.91. The van der Waals surface area contributed by atoms with Gasteiger partial charge in [-0.1, -0.05) is 13.8 Å². The average molecular weight is 231 g/mol. The Morgan fingerprint density at radius 1 is 1.67 bits per heavy atom. The lowest BCUT2D eigenvalue weighted by molar-refractivity contribution is -0.144. The number of hydrogen-bond donors (Lipinski definition) is 2. The van der Waals surface area contributed by atoms with E-state index in [0.717, 1.165) is 18.6 Å². The second-order valence-corrected chi connectivity index (χ2v) is 6.24. The molecular weight excluding hydrogens is 210 g/mol. The summed E-state index contributed by atoms with van der Waals surface area (Å²) in [5.74, 6) is 0.923. The van der Waals surface area contributed by atoms with E-state index in [-0.39, 0.29) is 0 Å². The van der Waals surface area contributed by atoms with E-state index < -0.39 is 11.5 Å². The summed E-state index contributed by atoms with van der Waals surface area (Å²) in [7, 11) is 0. The summed E-state index contributed by atoms with van der Waals surface area (Å²) >= 11 is 1.88. The van der Waals surface area contributed by atoms with Crippen LogP contribution in [0.3, 0.4) is 0 Å². The Kier molecular flexibility index (Phi) is 4.46. The van der Waals surface area contributed by atoms with Crippen LogP contribution in [0, 0.1) is 5.92 Å². The molecule has 0 aromatic rings. The van der Waals surface area contributed by atoms with Crippen molar-refractivity contribution in [2.75, 3.05) is 5.75 Å². The molecule has 1 aliphatic carbocycles. The Balaban J connectivity index is 2.45. The molecule has 3 nitrogen and oxygen atoms in total. The van der Waals surface area contributed by atoms with Gasteiger partial charge < -0.3 is 10.8 Å². The summed E-state index contributed by atoms with van der Waals surface area (Å²) < 4.78 is 0. The zero-order valence-electron chi connectivity index (χ0n) is 9.53. The van der Waals surface area contributed by atoms with E-state index in [1.165, 1.54) is 0 Å². The summed E-state index contributed by atoms with van der Waals surface area (Å²) in [6, 6.07) is 0. The third-order valence-corrected chi connectivity index (χ3v) is 4.56. The van der Waals surface area contributed by atoms with E-state index in [4.69, 9.17) is 10.8 Å². The van der Waals surface area contributed by atoms with Crippen molar-refractivity contribution in [1.29, 1.82) is 0 Å². The van der Waals surface area contributed by atoms with Crippen molar-refractivity contribution < 1.29 is 9.90 Å². The van der Waals surface area contributed by atoms with Gasteiger partial charge in [0, 0.05) is 5.25 Å². The van der Waals surface area contributed by atoms with Crippen LogP contribution in [0.15, 0.2) is 0 Å². The standard InChI is InChI=1S/C11H21NO2S/c1-8(2)7-15-9-4-3-5-11(12,6-9)10(13)14/h8-9H,3-7,12H2,1-2H3,(H,13,14). The van der Waals surface area contributed by atoms with Crippen molar-refractivity contribution in [3.63, 3.8) is 0 Å². The van der Waals surface area contributed by atoms with E-state index >= 15 is 0 Å². The molecule has 0 bridgehead atoms. The van der Waals surface area contributed by atoms with Gasteiger partial charge in [-0.3, -0.25) is 4.79 Å². The molecule has 2 unspecified atom stereocenters. The molecule has 0 aromatic carbocycles. The van der Waals surface area contributed by atoms with Crippen LogP contribution >= 0.6 is 11.8 Å². The number of rotatable bonds is 4. The highest BCUT2D eigenvalue weighted by Gasteiger charge is 2.39. The van der Waals surface area contributed by atoms with Gasteiger partial charge >= 0.3 is 5.97 Å². The van der Waals surface area contributed by atoms with Gasteiger partial charge in [0.15, 0.2) is 0 Å². The number of carbonyl (C=O) groups is 1. The van der Waals surface area contributed by atoms with Crippen molar-refractivity contribution in [1.82, 2.24) is 0 Å². The van der Waals surface area contributed by atoms with Gasteiger partial charge in [0.25, 0.3) is 0 Å². The zero-order valence-corrected chi connectivity index (χ0v) is 10.3. The lowest BCUT2D eigenvalue weighted by Gasteiger charge is -2.34. The van der Waals surface area contributed by atoms with Gasteiger partial charge in [-0.15, -0.1) is 0 Å². The van der Waals surface area contributed by atoms with Crippen molar-refractivity contribution in [2.45, 2.75) is 50.3 Å². The first-order valence-electron chi connectivity index (χ1n) is 5.58. The molecule has 1 saturated carbocycles. The Bertz CT molecular complexity index is 233. The quantitative estimate of drug-likeness (QED) is 0.777. The maximum absolute atomic E-state index is 11.0. The van der Waals surface area contributed by atoms with Gasteiger partial charge in [-0.2, -0.15) is 11.8 Å². The van der Waals surface area contributed by atoms with Gasteiger partial charge in [0.2, 0.25) is 0 Å². The predicted octanol–water partition coefficient (Wildman–Crippen LogP) is 2.10. The van der Waals surface area contributed by atoms with Crippen molar-refractivity contribution in [2.24, 2.45) is 11.7 Å². The first kappa shape index (κ1) is 12.8. The summed E-state index contributed by atoms with van der Waals surface area (Å²) in [4.78, 5) is 11.0. The Morgan fingerprint density at radius 3 is 2.87 bits per heavy atom. The highest BCUT2D eigenvalue weighted by molar-refractivity contribution is 7.99. The summed E-state index contributed by atoms with van der Waals surface area (Å²) in [5, 5.41) is 9.49. The minimum atomic E-state index is -0.965. The molecule has 2 atom stereocenters. The van der Waals surface area contributed by atoms with Gasteiger partial charge in [0.05, 0.1) is 0 Å². The molecule has 0 amide bonds. The number of hydrogen-bond acceptors (Lipinski definition) is 3. The van der Waals surface area contributed by atoms with Crippen LogP contribution in [0.4, 0.5) is 0 Å². The fourth-order valence-corrected chi connectivity index (χ4v) is 3.33. The third kappa shape index (κ3) is 3.68. The first-order valence-corrected chi connectivity index (χ1v) is 6.63. The first-order chi connectivity index (χ1) is 6.94. The van der Waals surface area contributed by atoms with Crippen molar-refractivity contribution >= 4 is 17.7 Å². The fourth-order valence-electron chi connectivity index (χ4n) is 1.92. The normalized spacial score (nSPS) is 31.9. The maximum Gasteiger partial charge on any atom is 0.323 e. The molecule has 3 N–H and O–H groups in total. The molecule has 0 aromatic heterocycles. The molecule has 0 aliphatic heterocycles. The summed E-state index contributed by atoms with van der Waals surface area (Å²) in [6.07, 6.45) is 3.31. The smallest absolute Gasteiger partial charge is 0.323 e. The van der Waals surface area contributed by atoms with E-state index in [1.54, 1.807) is 0 Å². The van der Waals surface area contributed by atoms with Gasteiger partial charge in [0.1, 0.15) is 5.54 Å². The Hall–Kier alpha value is -0.220. The molecule has 4 heteroatoms. The van der Waals surface area contributed by atoms with Crippen LogP contribution in [0.1, 0.15) is 39.5 Å². The van der Waals surface area contributed by atoms with Crippen molar-refractivity contribution in [3.8, 4) is 0 Å². The molecule has 0 heterocycles. The van der Waals surface area contributed by atoms with E-state index in [0.29, 0.717) is 24.0 Å². The monoisotopic (exact) mass is 231 g/mol. The molecular formula is C11H21NO2S.